The lowest BCUT2D eigenvalue weighted by molar-refractivity contribution is 0.364. The fourth-order valence-corrected chi connectivity index (χ4v) is 2.96. The molecule has 1 saturated heterocycles. The summed E-state index contributed by atoms with van der Waals surface area (Å²) < 4.78 is 0. The van der Waals surface area contributed by atoms with E-state index in [0.29, 0.717) is 0 Å². The fourth-order valence-electron chi connectivity index (χ4n) is 2.96. The second-order valence-corrected chi connectivity index (χ2v) is 5.45. The van der Waals surface area contributed by atoms with Gasteiger partial charge in [-0.3, -0.25) is 0 Å². The maximum absolute atomic E-state index is 3.61. The fraction of sp³-hybridized carbons (Fsp3) is 0.412. The minimum atomic E-state index is 0.844. The van der Waals surface area contributed by atoms with Gasteiger partial charge in [0, 0.05) is 17.6 Å². The highest BCUT2D eigenvalue weighted by molar-refractivity contribution is 5.93. The van der Waals surface area contributed by atoms with Crippen LogP contribution in [0.3, 0.4) is 0 Å². The summed E-state index contributed by atoms with van der Waals surface area (Å²) in [5.74, 6) is 0.844. The van der Waals surface area contributed by atoms with Gasteiger partial charge in [-0.15, -0.1) is 0 Å². The van der Waals surface area contributed by atoms with Gasteiger partial charge in [0.25, 0.3) is 0 Å². The molecule has 2 aromatic carbocycles. The summed E-state index contributed by atoms with van der Waals surface area (Å²) in [4.78, 5) is 0. The van der Waals surface area contributed by atoms with Gasteiger partial charge in [0.1, 0.15) is 0 Å². The number of hydrogen-bond acceptors (Lipinski definition) is 2. The maximum Gasteiger partial charge on any atom is 0.0419 e. The van der Waals surface area contributed by atoms with Crippen LogP contribution in [-0.2, 0) is 0 Å². The van der Waals surface area contributed by atoms with Crippen LogP contribution in [0.2, 0.25) is 0 Å². The van der Waals surface area contributed by atoms with Gasteiger partial charge in [-0.05, 0) is 49.7 Å². The van der Waals surface area contributed by atoms with Gasteiger partial charge in [-0.2, -0.15) is 0 Å². The average molecular weight is 254 g/mol. The molecule has 2 N–H and O–H groups in total. The zero-order valence-corrected chi connectivity index (χ0v) is 11.4. The van der Waals surface area contributed by atoms with Crippen molar-refractivity contribution in [3.8, 4) is 0 Å². The predicted molar refractivity (Wildman–Crippen MR) is 82.6 cm³/mol. The van der Waals surface area contributed by atoms with Gasteiger partial charge >= 0.3 is 0 Å². The van der Waals surface area contributed by atoms with Crippen LogP contribution in [0.4, 0.5) is 5.69 Å². The minimum absolute atomic E-state index is 0.844. The number of fused-ring (bicyclic) bond motifs is 1. The van der Waals surface area contributed by atoms with E-state index in [1.54, 1.807) is 0 Å². The van der Waals surface area contributed by atoms with Crippen molar-refractivity contribution in [3.63, 3.8) is 0 Å². The Labute approximate surface area is 115 Å². The first kappa shape index (κ1) is 12.5. The lowest BCUT2D eigenvalue weighted by Crippen LogP contribution is -2.30. The quantitative estimate of drug-likeness (QED) is 0.870. The van der Waals surface area contributed by atoms with Crippen molar-refractivity contribution in [2.24, 2.45) is 5.92 Å². The largest absolute Gasteiger partial charge is 0.385 e. The molecule has 3 rings (SSSR count). The number of hydrogen-bond donors (Lipinski definition) is 2. The Hall–Kier alpha value is -1.54. The van der Waals surface area contributed by atoms with E-state index >= 15 is 0 Å². The third-order valence-electron chi connectivity index (χ3n) is 4.06. The second kappa shape index (κ2) is 6.07. The molecule has 100 valence electrons. The molecule has 1 heterocycles. The van der Waals surface area contributed by atoms with E-state index in [9.17, 15) is 0 Å². The van der Waals surface area contributed by atoms with Crippen molar-refractivity contribution in [2.45, 2.75) is 19.3 Å². The molecule has 0 spiro atoms. The molecule has 0 saturated carbocycles. The zero-order valence-electron chi connectivity index (χ0n) is 11.4. The van der Waals surface area contributed by atoms with Gasteiger partial charge in [0.05, 0.1) is 0 Å². The van der Waals surface area contributed by atoms with Crippen molar-refractivity contribution in [1.82, 2.24) is 5.32 Å². The van der Waals surface area contributed by atoms with Crippen LogP contribution in [0, 0.1) is 5.92 Å². The highest BCUT2D eigenvalue weighted by Gasteiger charge is 2.12. The summed E-state index contributed by atoms with van der Waals surface area (Å²) in [6.07, 6.45) is 3.97. The smallest absolute Gasteiger partial charge is 0.0419 e. The number of anilines is 1. The standard InChI is InChI=1S/C17H22N2/c1-2-8-16-15(6-1)7-3-9-17(16)19-12-10-14-5-4-11-18-13-14/h1-3,6-9,14,18-19H,4-5,10-13H2. The third kappa shape index (κ3) is 3.07. The molecule has 0 amide bonds. The lowest BCUT2D eigenvalue weighted by Gasteiger charge is -2.23. The molecule has 0 aromatic heterocycles. The maximum atomic E-state index is 3.61. The predicted octanol–water partition coefficient (Wildman–Crippen LogP) is 3.64. The summed E-state index contributed by atoms with van der Waals surface area (Å²) in [5, 5.41) is 9.73. The van der Waals surface area contributed by atoms with Crippen molar-refractivity contribution in [3.05, 3.63) is 42.5 Å². The molecule has 0 aliphatic carbocycles. The molecular weight excluding hydrogens is 232 g/mol. The average Bonchev–Trinajstić information content (AvgIpc) is 2.49. The molecule has 19 heavy (non-hydrogen) atoms. The Balaban J connectivity index is 1.62. The van der Waals surface area contributed by atoms with Crippen LogP contribution in [0.1, 0.15) is 19.3 Å². The Morgan fingerprint density at radius 2 is 2.00 bits per heavy atom. The summed E-state index contributed by atoms with van der Waals surface area (Å²) in [5.41, 5.74) is 1.27. The highest BCUT2D eigenvalue weighted by Crippen LogP contribution is 2.23. The summed E-state index contributed by atoms with van der Waals surface area (Å²) in [6, 6.07) is 15.1. The van der Waals surface area contributed by atoms with Crippen molar-refractivity contribution in [1.29, 1.82) is 0 Å². The molecule has 1 fully saturated rings. The topological polar surface area (TPSA) is 24.1 Å². The molecule has 1 atom stereocenters. The molecule has 1 unspecified atom stereocenters. The van der Waals surface area contributed by atoms with E-state index in [1.165, 1.54) is 48.8 Å². The Bertz CT molecular complexity index is 524. The molecular formula is C17H22N2. The van der Waals surface area contributed by atoms with E-state index < -0.39 is 0 Å². The zero-order chi connectivity index (χ0) is 12.9. The molecule has 2 heteroatoms. The van der Waals surface area contributed by atoms with Crippen LogP contribution in [0.25, 0.3) is 10.8 Å². The molecule has 2 aromatic rings. The first-order valence-corrected chi connectivity index (χ1v) is 7.36. The highest BCUT2D eigenvalue weighted by atomic mass is 14.9. The van der Waals surface area contributed by atoms with Crippen LogP contribution in [-0.4, -0.2) is 19.6 Å². The van der Waals surface area contributed by atoms with Crippen molar-refractivity contribution < 1.29 is 0 Å². The van der Waals surface area contributed by atoms with Crippen LogP contribution in [0.15, 0.2) is 42.5 Å². The summed E-state index contributed by atoms with van der Waals surface area (Å²) in [7, 11) is 0. The third-order valence-corrected chi connectivity index (χ3v) is 4.06. The number of nitrogens with one attached hydrogen (secondary N) is 2. The first-order chi connectivity index (χ1) is 9.43. The van der Waals surface area contributed by atoms with E-state index in [2.05, 4.69) is 53.1 Å². The monoisotopic (exact) mass is 254 g/mol. The summed E-state index contributed by atoms with van der Waals surface area (Å²) in [6.45, 7) is 3.46. The van der Waals surface area contributed by atoms with Crippen molar-refractivity contribution in [2.75, 3.05) is 25.0 Å². The van der Waals surface area contributed by atoms with Gasteiger partial charge in [-0.25, -0.2) is 0 Å². The minimum Gasteiger partial charge on any atom is -0.385 e. The number of piperidine rings is 1. The lowest BCUT2D eigenvalue weighted by atomic mass is 9.96. The van der Waals surface area contributed by atoms with E-state index in [1.807, 2.05) is 0 Å². The molecule has 0 bridgehead atoms. The number of rotatable bonds is 4. The normalized spacial score (nSPS) is 19.5. The van der Waals surface area contributed by atoms with E-state index in [4.69, 9.17) is 0 Å². The van der Waals surface area contributed by atoms with Gasteiger partial charge in [-0.1, -0.05) is 36.4 Å². The number of benzene rings is 2. The molecule has 2 nitrogen and oxygen atoms in total. The first-order valence-electron chi connectivity index (χ1n) is 7.36. The molecule has 0 radical (unpaired) electrons. The van der Waals surface area contributed by atoms with Crippen LogP contribution < -0.4 is 10.6 Å². The van der Waals surface area contributed by atoms with Crippen LogP contribution >= 0.6 is 0 Å². The molecule has 1 aliphatic heterocycles. The van der Waals surface area contributed by atoms with Crippen molar-refractivity contribution >= 4 is 16.5 Å². The Morgan fingerprint density at radius 3 is 2.89 bits per heavy atom. The van der Waals surface area contributed by atoms with E-state index in [0.717, 1.165) is 12.5 Å². The Morgan fingerprint density at radius 1 is 1.11 bits per heavy atom. The summed E-state index contributed by atoms with van der Waals surface area (Å²) >= 11 is 0. The van der Waals surface area contributed by atoms with Gasteiger partial charge in [0.2, 0.25) is 0 Å². The SMILES string of the molecule is c1ccc2c(NCCC3CCCNC3)cccc2c1. The van der Waals surface area contributed by atoms with Gasteiger partial charge < -0.3 is 10.6 Å². The second-order valence-electron chi connectivity index (χ2n) is 5.45. The molecule has 1 aliphatic rings. The Kier molecular flexibility index (Phi) is 3.99. The van der Waals surface area contributed by atoms with Crippen LogP contribution in [0.5, 0.6) is 0 Å². The van der Waals surface area contributed by atoms with E-state index in [-0.39, 0.29) is 0 Å². The van der Waals surface area contributed by atoms with Gasteiger partial charge in [0.15, 0.2) is 0 Å².